The monoisotopic (exact) mass is 1010 g/mol. The predicted octanol–water partition coefficient (Wildman–Crippen LogP) is 18.1. The normalized spacial score (nSPS) is 14.0. The molecule has 0 aliphatic heterocycles. The summed E-state index contributed by atoms with van der Waals surface area (Å²) in [7, 11) is 1.30. The molecule has 2 N–H and O–H groups in total. The average molecular weight is 1010 g/mol. The summed E-state index contributed by atoms with van der Waals surface area (Å²) >= 11 is 0. The molecule has 0 saturated carbocycles. The van der Waals surface area contributed by atoms with Gasteiger partial charge in [0.25, 0.3) is 7.82 Å². The Balaban J connectivity index is 3.98. The topological polar surface area (TPSA) is 108 Å². The van der Waals surface area contributed by atoms with Crippen LogP contribution in [0.1, 0.15) is 309 Å². The second-order valence-electron chi connectivity index (χ2n) is 22.4. The maximum absolute atomic E-state index is 12.9. The van der Waals surface area contributed by atoms with Gasteiger partial charge in [-0.2, -0.15) is 0 Å². The highest BCUT2D eigenvalue weighted by molar-refractivity contribution is 7.45. The Kier molecular flexibility index (Phi) is 52.1. The lowest BCUT2D eigenvalue weighted by molar-refractivity contribution is -0.870. The molecule has 0 heterocycles. The van der Waals surface area contributed by atoms with Gasteiger partial charge >= 0.3 is 0 Å². The van der Waals surface area contributed by atoms with Gasteiger partial charge in [-0.25, -0.2) is 0 Å². The van der Waals surface area contributed by atoms with Crippen molar-refractivity contribution in [1.29, 1.82) is 0 Å². The summed E-state index contributed by atoms with van der Waals surface area (Å²) in [5.41, 5.74) is 0. The van der Waals surface area contributed by atoms with Crippen molar-refractivity contribution in [2.24, 2.45) is 0 Å². The van der Waals surface area contributed by atoms with Crippen LogP contribution in [0, 0.1) is 0 Å². The number of unbranched alkanes of at least 4 members (excludes halogenated alkanes) is 40. The van der Waals surface area contributed by atoms with Gasteiger partial charge in [0.1, 0.15) is 13.2 Å². The summed E-state index contributed by atoms with van der Waals surface area (Å²) in [6.07, 6.45) is 66.7. The van der Waals surface area contributed by atoms with Gasteiger partial charge in [-0.15, -0.1) is 0 Å². The Morgan fingerprint density at radius 3 is 1.21 bits per heavy atom. The molecule has 8 nitrogen and oxygen atoms in total. The van der Waals surface area contributed by atoms with Crippen molar-refractivity contribution >= 4 is 13.7 Å². The zero-order valence-corrected chi connectivity index (χ0v) is 48.4. The Bertz CT molecular complexity index is 1190. The molecule has 3 unspecified atom stereocenters. The molecule has 0 aromatic carbocycles. The SMILES string of the molecule is CCCCC/C=C\C/C=C\CCCCCCCC(=O)NC(COP(=O)([O-])OCC[N+](C)(C)C)C(O)CCCCCCCCCCCCCCCCCCCCCCCCCCCCCCCCCCC. The van der Waals surface area contributed by atoms with Crippen molar-refractivity contribution in [3.8, 4) is 0 Å². The molecule has 9 heteroatoms. The van der Waals surface area contributed by atoms with E-state index >= 15 is 0 Å². The van der Waals surface area contributed by atoms with Gasteiger partial charge in [0.05, 0.1) is 39.9 Å². The quantitative estimate of drug-likeness (QED) is 0.0272. The van der Waals surface area contributed by atoms with Gasteiger partial charge in [0.2, 0.25) is 5.91 Å². The second kappa shape index (κ2) is 52.8. The molecule has 0 bridgehead atoms. The number of hydrogen-bond acceptors (Lipinski definition) is 6. The number of phosphoric acid groups is 1. The molecule has 0 saturated heterocycles. The molecule has 3 atom stereocenters. The van der Waals surface area contributed by atoms with E-state index in [2.05, 4.69) is 43.5 Å². The third kappa shape index (κ3) is 54.7. The molecule has 0 aromatic rings. The zero-order chi connectivity index (χ0) is 51.3. The fourth-order valence-corrected chi connectivity index (χ4v) is 10.1. The van der Waals surface area contributed by atoms with Crippen LogP contribution in [-0.4, -0.2) is 68.5 Å². The van der Waals surface area contributed by atoms with E-state index in [0.29, 0.717) is 23.9 Å². The number of aliphatic hydroxyl groups is 1. The molecule has 0 rings (SSSR count). The van der Waals surface area contributed by atoms with Crippen LogP contribution in [0.3, 0.4) is 0 Å². The van der Waals surface area contributed by atoms with Crippen molar-refractivity contribution in [2.75, 3.05) is 40.9 Å². The first-order valence-corrected chi connectivity index (χ1v) is 32.1. The second-order valence-corrected chi connectivity index (χ2v) is 23.8. The predicted molar refractivity (Wildman–Crippen MR) is 302 cm³/mol. The minimum Gasteiger partial charge on any atom is -0.756 e. The molecule has 70 heavy (non-hydrogen) atoms. The summed E-state index contributed by atoms with van der Waals surface area (Å²) < 4.78 is 23.4. The van der Waals surface area contributed by atoms with Crippen molar-refractivity contribution in [3.63, 3.8) is 0 Å². The van der Waals surface area contributed by atoms with E-state index in [0.717, 1.165) is 64.2 Å². The number of rotatable bonds is 57. The van der Waals surface area contributed by atoms with Crippen LogP contribution in [0.4, 0.5) is 0 Å². The van der Waals surface area contributed by atoms with Gasteiger partial charge < -0.3 is 28.8 Å². The van der Waals surface area contributed by atoms with Crippen molar-refractivity contribution in [1.82, 2.24) is 5.32 Å². The molecular weight excluding hydrogens is 888 g/mol. The van der Waals surface area contributed by atoms with Gasteiger partial charge in [-0.3, -0.25) is 9.36 Å². The number of likely N-dealkylation sites (N-methyl/N-ethyl adjacent to an activating group) is 1. The number of nitrogens with one attached hydrogen (secondary N) is 1. The van der Waals surface area contributed by atoms with Crippen LogP contribution >= 0.6 is 7.82 Å². The molecule has 416 valence electrons. The molecule has 0 fully saturated rings. The van der Waals surface area contributed by atoms with Crippen LogP contribution in [0.25, 0.3) is 0 Å². The number of aliphatic hydroxyl groups excluding tert-OH is 1. The van der Waals surface area contributed by atoms with Gasteiger partial charge in [0.15, 0.2) is 0 Å². The number of allylic oxidation sites excluding steroid dienone is 4. The first-order chi connectivity index (χ1) is 34.0. The minimum absolute atomic E-state index is 0.0103. The molecule has 1 amide bonds. The van der Waals surface area contributed by atoms with E-state index in [-0.39, 0.29) is 19.1 Å². The fraction of sp³-hybridized carbons (Fsp3) is 0.918. The van der Waals surface area contributed by atoms with Gasteiger partial charge in [-0.05, 0) is 44.9 Å². The largest absolute Gasteiger partial charge is 0.756 e. The summed E-state index contributed by atoms with van der Waals surface area (Å²) in [5.74, 6) is -0.175. The summed E-state index contributed by atoms with van der Waals surface area (Å²) in [6, 6.07) is -0.807. The maximum atomic E-state index is 12.9. The van der Waals surface area contributed by atoms with Gasteiger partial charge in [-0.1, -0.05) is 282 Å². The maximum Gasteiger partial charge on any atom is 0.268 e. The average Bonchev–Trinajstić information content (AvgIpc) is 3.32. The van der Waals surface area contributed by atoms with Crippen LogP contribution < -0.4 is 10.2 Å². The number of amides is 1. The molecular formula is C61H121N2O6P. The number of phosphoric ester groups is 1. The Labute approximate surface area is 436 Å². The first-order valence-electron chi connectivity index (χ1n) is 30.7. The summed E-state index contributed by atoms with van der Waals surface area (Å²) in [5, 5.41) is 14.0. The lowest BCUT2D eigenvalue weighted by atomic mass is 10.0. The lowest BCUT2D eigenvalue weighted by Crippen LogP contribution is -2.46. The van der Waals surface area contributed by atoms with Crippen LogP contribution in [0.5, 0.6) is 0 Å². The van der Waals surface area contributed by atoms with Gasteiger partial charge in [0, 0.05) is 6.42 Å². The number of quaternary nitrogens is 1. The molecule has 0 aromatic heterocycles. The van der Waals surface area contributed by atoms with Crippen molar-refractivity contribution < 1.29 is 32.9 Å². The summed E-state index contributed by atoms with van der Waals surface area (Å²) in [6.45, 7) is 4.72. The van der Waals surface area contributed by atoms with Crippen LogP contribution in [0.15, 0.2) is 24.3 Å². The third-order valence-electron chi connectivity index (χ3n) is 14.2. The number of nitrogens with zero attached hydrogens (tertiary/aromatic N) is 1. The number of carbonyl (C=O) groups excluding carboxylic acids is 1. The van der Waals surface area contributed by atoms with Crippen molar-refractivity contribution in [3.05, 3.63) is 24.3 Å². The lowest BCUT2D eigenvalue weighted by Gasteiger charge is -2.30. The van der Waals surface area contributed by atoms with E-state index in [1.165, 1.54) is 218 Å². The Morgan fingerprint density at radius 2 is 0.829 bits per heavy atom. The van der Waals surface area contributed by atoms with E-state index < -0.39 is 20.0 Å². The smallest absolute Gasteiger partial charge is 0.268 e. The molecule has 0 aliphatic rings. The van der Waals surface area contributed by atoms with E-state index in [1.54, 1.807) is 0 Å². The minimum atomic E-state index is -4.58. The highest BCUT2D eigenvalue weighted by Gasteiger charge is 2.24. The van der Waals surface area contributed by atoms with E-state index in [9.17, 15) is 19.4 Å². The Hall–Kier alpha value is -1.02. The van der Waals surface area contributed by atoms with E-state index in [1.807, 2.05) is 21.1 Å². The first kappa shape index (κ1) is 69.0. The molecule has 0 aliphatic carbocycles. The van der Waals surface area contributed by atoms with E-state index in [4.69, 9.17) is 9.05 Å². The highest BCUT2D eigenvalue weighted by Crippen LogP contribution is 2.38. The number of carbonyl (C=O) groups is 1. The standard InChI is InChI=1S/C61H121N2O6P/c1-6-8-10-12-14-16-18-20-22-23-24-25-26-27-28-29-30-31-32-33-34-35-36-37-38-39-41-42-44-46-48-50-52-54-60(64)59(58-69-70(66,67)68-57-56-63(3,4)5)62-61(65)55-53-51-49-47-45-43-40-21-19-17-15-13-11-9-7-2/h15,17,21,40,59-60,64H,6-14,16,18-20,22-39,41-58H2,1-5H3,(H-,62,65,66,67)/b17-15-,40-21-. The summed E-state index contributed by atoms with van der Waals surface area (Å²) in [4.78, 5) is 25.5. The highest BCUT2D eigenvalue weighted by atomic mass is 31.2. The van der Waals surface area contributed by atoms with Crippen LogP contribution in [-0.2, 0) is 18.4 Å². The molecule has 0 radical (unpaired) electrons. The van der Waals surface area contributed by atoms with Crippen molar-refractivity contribution in [2.45, 2.75) is 321 Å². The third-order valence-corrected chi connectivity index (χ3v) is 15.2. The fourth-order valence-electron chi connectivity index (χ4n) is 9.37. The zero-order valence-electron chi connectivity index (χ0n) is 47.5. The van der Waals surface area contributed by atoms with Crippen LogP contribution in [0.2, 0.25) is 0 Å². The Morgan fingerprint density at radius 1 is 0.500 bits per heavy atom. The number of hydrogen-bond donors (Lipinski definition) is 2. The molecule has 0 spiro atoms.